The van der Waals surface area contributed by atoms with Gasteiger partial charge in [0.2, 0.25) is 0 Å². The Morgan fingerprint density at radius 3 is 2.44 bits per heavy atom. The van der Waals surface area contributed by atoms with Gasteiger partial charge >= 0.3 is 0 Å². The van der Waals surface area contributed by atoms with E-state index in [1.807, 2.05) is 0 Å². The molecule has 0 amide bonds. The first-order valence-corrected chi connectivity index (χ1v) is 2.02. The molecule has 1 N–H and O–H groups in total. The fourth-order valence-corrected chi connectivity index (χ4v) is 0.354. The van der Waals surface area contributed by atoms with Crippen LogP contribution in [-0.2, 0) is 0 Å². The number of aromatic amines is 1. The van der Waals surface area contributed by atoms with Crippen LogP contribution in [0.3, 0.4) is 0 Å². The van der Waals surface area contributed by atoms with E-state index >= 15 is 0 Å². The first kappa shape index (κ1) is 8.87. The molecule has 0 aromatic carbocycles. The van der Waals surface area contributed by atoms with E-state index in [9.17, 15) is 9.59 Å². The molecule has 5 heteroatoms. The van der Waals surface area contributed by atoms with Gasteiger partial charge in [0.25, 0.3) is 0 Å². The van der Waals surface area contributed by atoms with Crippen LogP contribution in [0.4, 0.5) is 0 Å². The monoisotopic (exact) mass is 250 g/mol. The number of rotatable bonds is 0. The molecule has 0 aliphatic carbocycles. The molecular weight excluding hydrogens is 247 g/mol. The Labute approximate surface area is 78.3 Å². The number of nitrogens with one attached hydrogen (secondary N) is 1. The third-order valence-corrected chi connectivity index (χ3v) is 0.644. The zero-order valence-electron chi connectivity index (χ0n) is 4.50. The Balaban J connectivity index is 0.000000640. The summed E-state index contributed by atoms with van der Waals surface area (Å²) in [5.41, 5.74) is -1.11. The quantitative estimate of drug-likeness (QED) is 0.622. The molecule has 1 heterocycles. The smallest absolute Gasteiger partial charge is 0.173 e. The van der Waals surface area contributed by atoms with Crippen LogP contribution in [0.1, 0.15) is 0 Å². The van der Waals surface area contributed by atoms with Crippen LogP contribution in [0, 0.1) is 35.6 Å². The minimum absolute atomic E-state index is 0. The number of nitrogens with zero attached hydrogens (tertiary/aromatic N) is 1. The molecule has 0 bridgehead atoms. The van der Waals surface area contributed by atoms with Gasteiger partial charge in [0.1, 0.15) is 0 Å². The van der Waals surface area contributed by atoms with Crippen molar-refractivity contribution >= 4 is 0 Å². The molecule has 0 spiro atoms. The maximum absolute atomic E-state index is 10.2. The Hall–Kier alpha value is -0.125. The van der Waals surface area contributed by atoms with Gasteiger partial charge in [-0.2, -0.15) is 0 Å². The summed E-state index contributed by atoms with van der Waals surface area (Å²) in [6, 6.07) is 1.18. The maximum atomic E-state index is 10.2. The molecular formula is C4H3LaN2O2-. The van der Waals surface area contributed by atoms with Crippen LogP contribution < -0.4 is 16.2 Å². The molecule has 0 fully saturated rings. The average molecular weight is 250 g/mol. The normalized spacial score (nSPS) is 8.00. The fourth-order valence-electron chi connectivity index (χ4n) is 0.354. The summed E-state index contributed by atoms with van der Waals surface area (Å²) in [7, 11) is 0. The van der Waals surface area contributed by atoms with Crippen molar-refractivity contribution in [2.45, 2.75) is 0 Å². The van der Waals surface area contributed by atoms with Gasteiger partial charge in [-0.25, -0.2) is 0 Å². The molecule has 45 valence electrons. The first-order valence-electron chi connectivity index (χ1n) is 2.02. The van der Waals surface area contributed by atoms with E-state index in [0.29, 0.717) is 0 Å². The molecule has 0 saturated carbocycles. The van der Waals surface area contributed by atoms with Gasteiger partial charge < -0.3 is 9.97 Å². The molecule has 9 heavy (non-hydrogen) atoms. The van der Waals surface area contributed by atoms with Crippen LogP contribution >= 0.6 is 0 Å². The molecule has 0 atom stereocenters. The largest absolute Gasteiger partial charge is 0.430 e. The van der Waals surface area contributed by atoms with Crippen molar-refractivity contribution in [3.63, 3.8) is 0 Å². The molecule has 0 aliphatic rings. The van der Waals surface area contributed by atoms with E-state index in [1.165, 1.54) is 12.3 Å². The van der Waals surface area contributed by atoms with Crippen molar-refractivity contribution in [1.82, 2.24) is 9.97 Å². The van der Waals surface area contributed by atoms with Crippen LogP contribution in [0.25, 0.3) is 0 Å². The Morgan fingerprint density at radius 2 is 2.11 bits per heavy atom. The van der Waals surface area contributed by atoms with E-state index in [0.717, 1.165) is 0 Å². The summed E-state index contributed by atoms with van der Waals surface area (Å²) >= 11 is 0. The number of hydrogen-bond acceptors (Lipinski definition) is 2. The van der Waals surface area contributed by atoms with Crippen LogP contribution in [0.2, 0.25) is 0 Å². The Morgan fingerprint density at radius 1 is 1.44 bits per heavy atom. The molecule has 0 saturated heterocycles. The van der Waals surface area contributed by atoms with E-state index < -0.39 is 11.2 Å². The minimum atomic E-state index is -0.600. The topological polar surface area (TPSA) is 64.0 Å². The van der Waals surface area contributed by atoms with Crippen molar-refractivity contribution in [2.75, 3.05) is 0 Å². The summed E-state index contributed by atoms with van der Waals surface area (Å²) in [5.74, 6) is 0. The van der Waals surface area contributed by atoms with Crippen molar-refractivity contribution in [1.29, 1.82) is 0 Å². The molecule has 0 aliphatic heterocycles. The standard InChI is InChI=1S/C4H4N2O2.La/c7-3-1-2-5-4(8)6-3;/h1-2H,(H2,5,6,7,8);/p-1. The summed E-state index contributed by atoms with van der Waals surface area (Å²) < 4.78 is 0. The van der Waals surface area contributed by atoms with Gasteiger partial charge in [0.15, 0.2) is 11.2 Å². The van der Waals surface area contributed by atoms with Crippen LogP contribution in [-0.4, -0.2) is 4.98 Å². The van der Waals surface area contributed by atoms with Gasteiger partial charge in [-0.15, -0.1) is 0 Å². The second kappa shape index (κ2) is 3.82. The zero-order chi connectivity index (χ0) is 5.98. The Bertz CT molecular complexity index is 251. The molecule has 1 rings (SSSR count). The van der Waals surface area contributed by atoms with Gasteiger partial charge in [-0.3, -0.25) is 9.59 Å². The van der Waals surface area contributed by atoms with Gasteiger partial charge in [-0.05, 0) is 6.07 Å². The molecule has 1 aromatic heterocycles. The average Bonchev–Trinajstić information content (AvgIpc) is 1.64. The third kappa shape index (κ3) is 2.79. The minimum Gasteiger partial charge on any atom is -0.430 e. The first-order chi connectivity index (χ1) is 3.79. The molecule has 1 aromatic rings. The fraction of sp³-hybridized carbons (Fsp3) is 0. The second-order valence-corrected chi connectivity index (χ2v) is 1.23. The number of hydrogen-bond donors (Lipinski definition) is 1. The predicted octanol–water partition coefficient (Wildman–Crippen LogP) is -1.31. The zero-order valence-corrected chi connectivity index (χ0v) is 8.12. The van der Waals surface area contributed by atoms with Gasteiger partial charge in [-0.1, -0.05) is 6.20 Å². The SMILES string of the molecule is O=c1cc[nH]c(=O)[n-]1.[La]. The van der Waals surface area contributed by atoms with Crippen molar-refractivity contribution in [3.05, 3.63) is 33.1 Å². The van der Waals surface area contributed by atoms with Crippen molar-refractivity contribution in [3.8, 4) is 0 Å². The summed E-state index contributed by atoms with van der Waals surface area (Å²) in [6.07, 6.45) is 1.26. The number of H-pyrrole nitrogens is 1. The second-order valence-electron chi connectivity index (χ2n) is 1.23. The van der Waals surface area contributed by atoms with Crippen LogP contribution in [0.15, 0.2) is 21.9 Å². The van der Waals surface area contributed by atoms with E-state index in [-0.39, 0.29) is 35.6 Å². The predicted molar refractivity (Wildman–Crippen MR) is 26.7 cm³/mol. The van der Waals surface area contributed by atoms with Gasteiger partial charge in [0.05, 0.1) is 0 Å². The van der Waals surface area contributed by atoms with Crippen molar-refractivity contribution in [2.24, 2.45) is 0 Å². The Kier molecular flexibility index (Phi) is 3.76. The molecule has 0 unspecified atom stereocenters. The summed E-state index contributed by atoms with van der Waals surface area (Å²) in [5, 5.41) is 0. The third-order valence-electron chi connectivity index (χ3n) is 0.644. The molecule has 4 nitrogen and oxygen atoms in total. The summed E-state index contributed by atoms with van der Waals surface area (Å²) in [6.45, 7) is 0. The number of aromatic nitrogens is 2. The van der Waals surface area contributed by atoms with E-state index in [4.69, 9.17) is 0 Å². The van der Waals surface area contributed by atoms with E-state index in [1.54, 1.807) is 0 Å². The van der Waals surface area contributed by atoms with Gasteiger partial charge in [0, 0.05) is 35.6 Å². The van der Waals surface area contributed by atoms with Crippen molar-refractivity contribution < 1.29 is 35.6 Å². The maximum Gasteiger partial charge on any atom is 0.173 e. The molecule has 1 radical (unpaired) electrons. The van der Waals surface area contributed by atoms with E-state index in [2.05, 4.69) is 9.97 Å². The van der Waals surface area contributed by atoms with Crippen LogP contribution in [0.5, 0.6) is 0 Å². The summed E-state index contributed by atoms with van der Waals surface area (Å²) in [4.78, 5) is 25.5.